The van der Waals surface area contributed by atoms with Gasteiger partial charge in [-0.2, -0.15) is 0 Å². The van der Waals surface area contributed by atoms with Gasteiger partial charge in [-0.15, -0.1) is 0 Å². The number of aliphatic hydroxyl groups is 1. The average Bonchev–Trinajstić information content (AvgIpc) is 2.56. The van der Waals surface area contributed by atoms with Crippen LogP contribution in [-0.4, -0.2) is 36.2 Å². The van der Waals surface area contributed by atoms with Crippen LogP contribution in [0.3, 0.4) is 0 Å². The van der Waals surface area contributed by atoms with Crippen molar-refractivity contribution in [1.82, 2.24) is 10.2 Å². The van der Waals surface area contributed by atoms with E-state index in [0.717, 1.165) is 11.1 Å². The van der Waals surface area contributed by atoms with Crippen molar-refractivity contribution < 1.29 is 9.90 Å². The van der Waals surface area contributed by atoms with Gasteiger partial charge in [0, 0.05) is 13.6 Å². The number of nitrogens with one attached hydrogen (secondary N) is 1. The SMILES string of the molecule is C[C@@H](NC(=O)N(C)CCO)c1ccc(-c2ccccc2)cc1. The fourth-order valence-electron chi connectivity index (χ4n) is 2.23. The third-order valence-corrected chi connectivity index (χ3v) is 3.64. The number of likely N-dealkylation sites (N-methyl/N-ethyl adjacent to an activating group) is 1. The zero-order valence-corrected chi connectivity index (χ0v) is 13.0. The summed E-state index contributed by atoms with van der Waals surface area (Å²) in [6.45, 7) is 2.23. The second kappa shape index (κ2) is 7.61. The summed E-state index contributed by atoms with van der Waals surface area (Å²) in [6, 6.07) is 18.1. The molecule has 0 radical (unpaired) electrons. The monoisotopic (exact) mass is 298 g/mol. The van der Waals surface area contributed by atoms with Crippen LogP contribution in [0.2, 0.25) is 0 Å². The molecule has 0 heterocycles. The lowest BCUT2D eigenvalue weighted by atomic mass is 10.0. The summed E-state index contributed by atoms with van der Waals surface area (Å²) in [4.78, 5) is 13.4. The van der Waals surface area contributed by atoms with Crippen molar-refractivity contribution in [3.05, 3.63) is 60.2 Å². The first-order valence-corrected chi connectivity index (χ1v) is 7.39. The molecule has 0 aromatic heterocycles. The molecular weight excluding hydrogens is 276 g/mol. The fourth-order valence-corrected chi connectivity index (χ4v) is 2.23. The molecule has 2 N–H and O–H groups in total. The smallest absolute Gasteiger partial charge is 0.317 e. The van der Waals surface area contributed by atoms with Gasteiger partial charge in [0.2, 0.25) is 0 Å². The summed E-state index contributed by atoms with van der Waals surface area (Å²) < 4.78 is 0. The molecule has 2 aromatic rings. The zero-order valence-electron chi connectivity index (χ0n) is 13.0. The van der Waals surface area contributed by atoms with Gasteiger partial charge >= 0.3 is 6.03 Å². The Labute approximate surface area is 131 Å². The van der Waals surface area contributed by atoms with E-state index in [2.05, 4.69) is 29.6 Å². The molecule has 0 aliphatic carbocycles. The molecular formula is C18H22N2O2. The maximum atomic E-state index is 11.9. The van der Waals surface area contributed by atoms with Crippen LogP contribution in [0.4, 0.5) is 4.79 Å². The predicted octanol–water partition coefficient (Wildman–Crippen LogP) is 3.05. The van der Waals surface area contributed by atoms with E-state index in [1.165, 1.54) is 10.5 Å². The zero-order chi connectivity index (χ0) is 15.9. The Morgan fingerprint density at radius 2 is 1.68 bits per heavy atom. The Balaban J connectivity index is 2.02. The van der Waals surface area contributed by atoms with Gasteiger partial charge in [-0.3, -0.25) is 0 Å². The molecule has 0 unspecified atom stereocenters. The number of aliphatic hydroxyl groups excluding tert-OH is 1. The molecule has 0 fully saturated rings. The van der Waals surface area contributed by atoms with Crippen LogP contribution in [0.15, 0.2) is 54.6 Å². The lowest BCUT2D eigenvalue weighted by Gasteiger charge is -2.21. The summed E-state index contributed by atoms with van der Waals surface area (Å²) in [5.74, 6) is 0. The third-order valence-electron chi connectivity index (χ3n) is 3.64. The van der Waals surface area contributed by atoms with Crippen LogP contribution in [0.5, 0.6) is 0 Å². The van der Waals surface area contributed by atoms with E-state index in [-0.39, 0.29) is 18.7 Å². The predicted molar refractivity (Wildman–Crippen MR) is 88.5 cm³/mol. The van der Waals surface area contributed by atoms with Crippen molar-refractivity contribution in [2.45, 2.75) is 13.0 Å². The molecule has 2 aromatic carbocycles. The lowest BCUT2D eigenvalue weighted by molar-refractivity contribution is 0.188. The lowest BCUT2D eigenvalue weighted by Crippen LogP contribution is -2.39. The Morgan fingerprint density at radius 1 is 1.09 bits per heavy atom. The number of urea groups is 1. The standard InChI is InChI=1S/C18H22N2O2/c1-14(19-18(22)20(2)12-13-21)15-8-10-17(11-9-15)16-6-4-3-5-7-16/h3-11,14,21H,12-13H2,1-2H3,(H,19,22)/t14-/m1/s1. The van der Waals surface area contributed by atoms with Crippen molar-refractivity contribution in [3.63, 3.8) is 0 Å². The summed E-state index contributed by atoms with van der Waals surface area (Å²) in [6.07, 6.45) is 0. The van der Waals surface area contributed by atoms with E-state index in [1.807, 2.05) is 37.3 Å². The Bertz CT molecular complexity index is 596. The van der Waals surface area contributed by atoms with Crippen LogP contribution in [-0.2, 0) is 0 Å². The van der Waals surface area contributed by atoms with Crippen molar-refractivity contribution in [1.29, 1.82) is 0 Å². The van der Waals surface area contributed by atoms with Gasteiger partial charge in [0.1, 0.15) is 0 Å². The first-order chi connectivity index (χ1) is 10.6. The normalized spacial score (nSPS) is 11.8. The van der Waals surface area contributed by atoms with Crippen molar-refractivity contribution in [2.75, 3.05) is 20.2 Å². The molecule has 4 nitrogen and oxygen atoms in total. The second-order valence-corrected chi connectivity index (χ2v) is 5.30. The van der Waals surface area contributed by atoms with Gasteiger partial charge in [-0.25, -0.2) is 4.79 Å². The van der Waals surface area contributed by atoms with Crippen LogP contribution in [0, 0.1) is 0 Å². The van der Waals surface area contributed by atoms with E-state index in [4.69, 9.17) is 5.11 Å². The molecule has 22 heavy (non-hydrogen) atoms. The summed E-state index contributed by atoms with van der Waals surface area (Å²) in [5, 5.41) is 11.8. The molecule has 2 rings (SSSR count). The maximum absolute atomic E-state index is 11.9. The van der Waals surface area contributed by atoms with Gasteiger partial charge < -0.3 is 15.3 Å². The molecule has 4 heteroatoms. The van der Waals surface area contributed by atoms with Crippen LogP contribution in [0.1, 0.15) is 18.5 Å². The number of benzene rings is 2. The van der Waals surface area contributed by atoms with Crippen LogP contribution < -0.4 is 5.32 Å². The maximum Gasteiger partial charge on any atom is 0.317 e. The van der Waals surface area contributed by atoms with Crippen LogP contribution >= 0.6 is 0 Å². The quantitative estimate of drug-likeness (QED) is 0.891. The van der Waals surface area contributed by atoms with Crippen molar-refractivity contribution in [3.8, 4) is 11.1 Å². The largest absolute Gasteiger partial charge is 0.395 e. The topological polar surface area (TPSA) is 52.6 Å². The van der Waals surface area contributed by atoms with Gasteiger partial charge in [0.25, 0.3) is 0 Å². The number of hydrogen-bond donors (Lipinski definition) is 2. The highest BCUT2D eigenvalue weighted by molar-refractivity contribution is 5.74. The third kappa shape index (κ3) is 4.09. The Kier molecular flexibility index (Phi) is 5.55. The van der Waals surface area contributed by atoms with Crippen molar-refractivity contribution in [2.24, 2.45) is 0 Å². The number of carbonyl (C=O) groups excluding carboxylic acids is 1. The summed E-state index contributed by atoms with van der Waals surface area (Å²) in [7, 11) is 1.66. The summed E-state index contributed by atoms with van der Waals surface area (Å²) in [5.41, 5.74) is 3.37. The molecule has 0 aliphatic rings. The fraction of sp³-hybridized carbons (Fsp3) is 0.278. The Morgan fingerprint density at radius 3 is 2.27 bits per heavy atom. The minimum atomic E-state index is -0.186. The van der Waals surface area contributed by atoms with Gasteiger partial charge in [0.15, 0.2) is 0 Å². The highest BCUT2D eigenvalue weighted by Crippen LogP contribution is 2.21. The van der Waals surface area contributed by atoms with E-state index in [9.17, 15) is 4.79 Å². The number of amides is 2. The van der Waals surface area contributed by atoms with E-state index in [1.54, 1.807) is 7.05 Å². The highest BCUT2D eigenvalue weighted by Gasteiger charge is 2.12. The average molecular weight is 298 g/mol. The van der Waals surface area contributed by atoms with E-state index in [0.29, 0.717) is 6.54 Å². The van der Waals surface area contributed by atoms with E-state index >= 15 is 0 Å². The molecule has 1 atom stereocenters. The molecule has 2 amide bonds. The summed E-state index contributed by atoms with van der Waals surface area (Å²) >= 11 is 0. The van der Waals surface area contributed by atoms with Gasteiger partial charge in [-0.1, -0.05) is 54.6 Å². The van der Waals surface area contributed by atoms with E-state index < -0.39 is 0 Å². The highest BCUT2D eigenvalue weighted by atomic mass is 16.3. The van der Waals surface area contributed by atoms with Crippen molar-refractivity contribution >= 4 is 6.03 Å². The molecule has 116 valence electrons. The number of rotatable bonds is 5. The molecule has 0 spiro atoms. The van der Waals surface area contributed by atoms with Gasteiger partial charge in [0.05, 0.1) is 12.6 Å². The molecule has 0 bridgehead atoms. The molecule has 0 saturated carbocycles. The number of hydrogen-bond acceptors (Lipinski definition) is 2. The first kappa shape index (κ1) is 16.0. The number of carbonyl (C=O) groups is 1. The first-order valence-electron chi connectivity index (χ1n) is 7.39. The van der Waals surface area contributed by atoms with Crippen LogP contribution in [0.25, 0.3) is 11.1 Å². The second-order valence-electron chi connectivity index (χ2n) is 5.30. The minimum absolute atomic E-state index is 0.0376. The minimum Gasteiger partial charge on any atom is -0.395 e. The molecule has 0 saturated heterocycles. The molecule has 0 aliphatic heterocycles. The number of nitrogens with zero attached hydrogens (tertiary/aromatic N) is 1. The Hall–Kier alpha value is -2.33. The van der Waals surface area contributed by atoms with Gasteiger partial charge in [-0.05, 0) is 23.6 Å².